The summed E-state index contributed by atoms with van der Waals surface area (Å²) in [6.45, 7) is 2.93. The molecule has 0 saturated carbocycles. The zero-order valence-electron chi connectivity index (χ0n) is 15.2. The molecule has 0 unspecified atom stereocenters. The molecule has 0 aliphatic carbocycles. The van der Waals surface area contributed by atoms with Crippen molar-refractivity contribution in [1.29, 1.82) is 10.5 Å². The summed E-state index contributed by atoms with van der Waals surface area (Å²) in [6, 6.07) is 22.7. The lowest BCUT2D eigenvalue weighted by Crippen LogP contribution is -2.36. The van der Waals surface area contributed by atoms with Gasteiger partial charge in [0.25, 0.3) is 0 Å². The fraction of sp³-hybridized carbons (Fsp3) is 0.0870. The van der Waals surface area contributed by atoms with Gasteiger partial charge in [-0.25, -0.2) is 0 Å². The van der Waals surface area contributed by atoms with Gasteiger partial charge in [-0.3, -0.25) is 0 Å². The van der Waals surface area contributed by atoms with E-state index >= 15 is 0 Å². The second-order valence-electron chi connectivity index (χ2n) is 6.23. The van der Waals surface area contributed by atoms with Gasteiger partial charge in [-0.15, -0.1) is 0 Å². The first-order chi connectivity index (χ1) is 13.8. The van der Waals surface area contributed by atoms with Crippen LogP contribution < -0.4 is 4.57 Å². The van der Waals surface area contributed by atoms with E-state index in [9.17, 15) is 0 Å². The Labute approximate surface area is 172 Å². The summed E-state index contributed by atoms with van der Waals surface area (Å²) in [5.74, 6) is 0. The molecule has 0 bridgehead atoms. The number of nitriles is 2. The van der Waals surface area contributed by atoms with Crippen molar-refractivity contribution in [2.24, 2.45) is 0 Å². The first-order valence-corrected chi connectivity index (χ1v) is 10.5. The van der Waals surface area contributed by atoms with Crippen LogP contribution in [0.15, 0.2) is 76.5 Å². The number of nitrogens with zero attached hydrogens (tertiary/aromatic N) is 3. The molecular weight excluding hydrogens is 382 g/mol. The van der Waals surface area contributed by atoms with E-state index in [0.29, 0.717) is 0 Å². The van der Waals surface area contributed by atoms with Crippen LogP contribution in [-0.2, 0) is 6.54 Å². The number of thioether (sulfide) groups is 2. The second-order valence-corrected chi connectivity index (χ2v) is 7.95. The van der Waals surface area contributed by atoms with Crippen molar-refractivity contribution < 1.29 is 4.57 Å². The molecule has 0 atom stereocenters. The molecular formula is C23H16N3S2+. The van der Waals surface area contributed by atoms with Crippen LogP contribution >= 0.6 is 23.5 Å². The van der Waals surface area contributed by atoms with Crippen molar-refractivity contribution in [2.45, 2.75) is 23.3 Å². The zero-order chi connectivity index (χ0) is 19.5. The number of pyridine rings is 1. The molecule has 0 fully saturated rings. The average molecular weight is 399 g/mol. The standard InChI is InChI=1S/C23H16N3S2/c1-2-26-22-13-18(28-15-25)9-11-20(22)19-10-8-17(27-14-24)12-21(19)23(26)16-6-4-3-5-7-16/h3-13H,2H2,1H3/q+1. The number of benzene rings is 3. The molecule has 28 heavy (non-hydrogen) atoms. The number of thiocyanates is 2. The molecule has 3 aromatic carbocycles. The topological polar surface area (TPSA) is 51.5 Å². The van der Waals surface area contributed by atoms with Crippen LogP contribution in [0.2, 0.25) is 0 Å². The van der Waals surface area contributed by atoms with E-state index in [4.69, 9.17) is 10.5 Å². The highest BCUT2D eigenvalue weighted by atomic mass is 32.2. The normalized spacial score (nSPS) is 10.7. The molecule has 3 nitrogen and oxygen atoms in total. The van der Waals surface area contributed by atoms with E-state index in [1.807, 2.05) is 30.3 Å². The van der Waals surface area contributed by atoms with Crippen molar-refractivity contribution in [1.82, 2.24) is 0 Å². The summed E-state index contributed by atoms with van der Waals surface area (Å²) < 4.78 is 2.30. The van der Waals surface area contributed by atoms with Gasteiger partial charge in [0.2, 0.25) is 11.2 Å². The largest absolute Gasteiger partial charge is 0.220 e. The Hall–Kier alpha value is -2.99. The van der Waals surface area contributed by atoms with Crippen LogP contribution in [0.1, 0.15) is 6.92 Å². The lowest BCUT2D eigenvalue weighted by atomic mass is 9.99. The lowest BCUT2D eigenvalue weighted by Gasteiger charge is -2.12. The summed E-state index contributed by atoms with van der Waals surface area (Å²) in [4.78, 5) is 1.87. The summed E-state index contributed by atoms with van der Waals surface area (Å²) >= 11 is 2.36. The third kappa shape index (κ3) is 3.20. The molecule has 0 aliphatic heterocycles. The van der Waals surface area contributed by atoms with Crippen LogP contribution in [0.4, 0.5) is 0 Å². The number of rotatable bonds is 4. The number of fused-ring (bicyclic) bond motifs is 3. The van der Waals surface area contributed by atoms with Gasteiger partial charge in [-0.05, 0) is 66.8 Å². The number of hydrogen-bond acceptors (Lipinski definition) is 4. The van der Waals surface area contributed by atoms with Gasteiger partial charge in [0.1, 0.15) is 17.3 Å². The third-order valence-corrected chi connectivity index (χ3v) is 5.92. The highest BCUT2D eigenvalue weighted by molar-refractivity contribution is 8.04. The van der Waals surface area contributed by atoms with Crippen LogP contribution in [0, 0.1) is 21.3 Å². The summed E-state index contributed by atoms with van der Waals surface area (Å²) in [5.41, 5.74) is 3.37. The summed E-state index contributed by atoms with van der Waals surface area (Å²) in [6.07, 6.45) is 0. The predicted molar refractivity (Wildman–Crippen MR) is 116 cm³/mol. The molecule has 134 valence electrons. The van der Waals surface area contributed by atoms with Gasteiger partial charge >= 0.3 is 0 Å². The number of hydrogen-bond donors (Lipinski definition) is 0. The Morgan fingerprint density at radius 3 is 2.07 bits per heavy atom. The minimum Gasteiger partial charge on any atom is -0.191 e. The maximum Gasteiger partial charge on any atom is 0.220 e. The van der Waals surface area contributed by atoms with Gasteiger partial charge in [-0.2, -0.15) is 15.1 Å². The van der Waals surface area contributed by atoms with E-state index in [0.717, 1.165) is 49.3 Å². The Bertz CT molecular complexity index is 1270. The van der Waals surface area contributed by atoms with Crippen LogP contribution in [0.5, 0.6) is 0 Å². The lowest BCUT2D eigenvalue weighted by molar-refractivity contribution is -0.655. The van der Waals surface area contributed by atoms with Gasteiger partial charge in [0.15, 0.2) is 0 Å². The number of aryl methyl sites for hydroxylation is 1. The second kappa shape index (κ2) is 7.94. The van der Waals surface area contributed by atoms with Crippen LogP contribution in [0.3, 0.4) is 0 Å². The first-order valence-electron chi connectivity index (χ1n) is 8.87. The molecule has 0 saturated heterocycles. The molecule has 0 amide bonds. The highest BCUT2D eigenvalue weighted by Gasteiger charge is 2.23. The van der Waals surface area contributed by atoms with Gasteiger partial charge < -0.3 is 0 Å². The molecule has 0 spiro atoms. The Balaban J connectivity index is 2.18. The maximum absolute atomic E-state index is 9.11. The molecule has 0 radical (unpaired) electrons. The highest BCUT2D eigenvalue weighted by Crippen LogP contribution is 2.35. The summed E-state index contributed by atoms with van der Waals surface area (Å²) in [5, 5.41) is 25.9. The van der Waals surface area contributed by atoms with Crippen LogP contribution in [0.25, 0.3) is 32.9 Å². The van der Waals surface area contributed by atoms with E-state index in [1.165, 1.54) is 23.5 Å². The molecule has 4 aromatic rings. The zero-order valence-corrected chi connectivity index (χ0v) is 16.8. The first kappa shape index (κ1) is 18.4. The molecule has 4 rings (SSSR count). The SMILES string of the molecule is CC[n+]1c(-c2ccccc2)c2cc(SC#N)ccc2c2ccc(SC#N)cc21. The van der Waals surface area contributed by atoms with Crippen molar-refractivity contribution >= 4 is 45.2 Å². The van der Waals surface area contributed by atoms with Gasteiger partial charge in [0, 0.05) is 26.8 Å². The average Bonchev–Trinajstić information content (AvgIpc) is 2.73. The Kier molecular flexibility index (Phi) is 5.21. The monoisotopic (exact) mass is 398 g/mol. The quantitative estimate of drug-likeness (QED) is 0.180. The molecule has 5 heteroatoms. The van der Waals surface area contributed by atoms with Crippen molar-refractivity contribution in [3.63, 3.8) is 0 Å². The van der Waals surface area contributed by atoms with Crippen LogP contribution in [-0.4, -0.2) is 0 Å². The van der Waals surface area contributed by atoms with E-state index < -0.39 is 0 Å². The minimum absolute atomic E-state index is 0.799. The molecule has 1 heterocycles. The van der Waals surface area contributed by atoms with Gasteiger partial charge in [0.05, 0.1) is 10.8 Å². The van der Waals surface area contributed by atoms with E-state index in [-0.39, 0.29) is 0 Å². The number of aromatic nitrogens is 1. The fourth-order valence-electron chi connectivity index (χ4n) is 3.65. The summed E-state index contributed by atoms with van der Waals surface area (Å²) in [7, 11) is 0. The van der Waals surface area contributed by atoms with Crippen molar-refractivity contribution in [2.75, 3.05) is 0 Å². The van der Waals surface area contributed by atoms with Gasteiger partial charge in [-0.1, -0.05) is 24.3 Å². The predicted octanol–water partition coefficient (Wildman–Crippen LogP) is 6.11. The third-order valence-electron chi connectivity index (χ3n) is 4.76. The maximum atomic E-state index is 9.11. The van der Waals surface area contributed by atoms with Crippen molar-refractivity contribution in [3.8, 4) is 22.1 Å². The smallest absolute Gasteiger partial charge is 0.191 e. The molecule has 1 aromatic heterocycles. The molecule has 0 N–H and O–H groups in total. The van der Waals surface area contributed by atoms with E-state index in [2.05, 4.69) is 58.7 Å². The van der Waals surface area contributed by atoms with Crippen molar-refractivity contribution in [3.05, 3.63) is 66.7 Å². The fourth-order valence-corrected chi connectivity index (χ4v) is 4.48. The minimum atomic E-state index is 0.799. The molecule has 0 aliphatic rings. The van der Waals surface area contributed by atoms with E-state index in [1.54, 1.807) is 0 Å². The Morgan fingerprint density at radius 1 is 0.786 bits per heavy atom. The Morgan fingerprint density at radius 2 is 1.43 bits per heavy atom.